The predicted molar refractivity (Wildman–Crippen MR) is 76.9 cm³/mol. The summed E-state index contributed by atoms with van der Waals surface area (Å²) in [7, 11) is 1.66. The molecule has 3 nitrogen and oxygen atoms in total. The first-order chi connectivity index (χ1) is 9.19. The highest BCUT2D eigenvalue weighted by Crippen LogP contribution is 2.27. The number of aromatic nitrogens is 2. The normalized spacial score (nSPS) is 10.9. The molecule has 0 bridgehead atoms. The van der Waals surface area contributed by atoms with Gasteiger partial charge in [-0.2, -0.15) is 0 Å². The summed E-state index contributed by atoms with van der Waals surface area (Å²) in [6, 6.07) is 11.7. The van der Waals surface area contributed by atoms with Crippen molar-refractivity contribution in [3.05, 3.63) is 53.3 Å². The number of aryl methyl sites for hydroxylation is 1. The molecular weight excluding hydrogens is 260 g/mol. The molecule has 0 fully saturated rings. The summed E-state index contributed by atoms with van der Waals surface area (Å²) in [5.74, 6) is 0.841. The van der Waals surface area contributed by atoms with Crippen molar-refractivity contribution in [3.8, 4) is 17.0 Å². The summed E-state index contributed by atoms with van der Waals surface area (Å²) in [4.78, 5) is 4.55. The van der Waals surface area contributed by atoms with Gasteiger partial charge < -0.3 is 4.74 Å². The number of nitrogens with zero attached hydrogens (tertiary/aromatic N) is 2. The van der Waals surface area contributed by atoms with E-state index in [9.17, 15) is 0 Å². The Morgan fingerprint density at radius 3 is 2.53 bits per heavy atom. The van der Waals surface area contributed by atoms with Crippen LogP contribution in [0, 0.1) is 6.92 Å². The Bertz CT molecular complexity index is 732. The number of hydrogen-bond acceptors (Lipinski definition) is 2. The third-order valence-electron chi connectivity index (χ3n) is 3.12. The summed E-state index contributed by atoms with van der Waals surface area (Å²) in [6.45, 7) is 2.00. The predicted octanol–water partition coefficient (Wildman–Crippen LogP) is 3.97. The largest absolute Gasteiger partial charge is 0.497 e. The highest BCUT2D eigenvalue weighted by molar-refractivity contribution is 6.30. The fourth-order valence-electron chi connectivity index (χ4n) is 2.23. The lowest BCUT2D eigenvalue weighted by atomic mass is 10.1. The fraction of sp³-hybridized carbons (Fsp3) is 0.133. The van der Waals surface area contributed by atoms with Crippen LogP contribution in [0.15, 0.2) is 42.6 Å². The number of benzene rings is 1. The topological polar surface area (TPSA) is 26.5 Å². The number of rotatable bonds is 2. The first kappa shape index (κ1) is 12.1. The number of methoxy groups -OCH3 is 1. The molecule has 4 heteroatoms. The minimum absolute atomic E-state index is 0.694. The molecule has 0 saturated carbocycles. The second-order valence-electron chi connectivity index (χ2n) is 4.35. The van der Waals surface area contributed by atoms with Crippen LogP contribution < -0.4 is 4.74 Å². The van der Waals surface area contributed by atoms with Gasteiger partial charge in [0.25, 0.3) is 0 Å². The standard InChI is InChI=1S/C15H13ClN2O/c1-10-15(11-3-6-13(19-2)7-4-11)18-9-12(16)5-8-14(18)17-10/h3-9H,1-2H3. The molecule has 0 aliphatic carbocycles. The van der Waals surface area contributed by atoms with Crippen LogP contribution in [0.3, 0.4) is 0 Å². The molecular formula is C15H13ClN2O. The molecule has 0 N–H and O–H groups in total. The van der Waals surface area contributed by atoms with Gasteiger partial charge >= 0.3 is 0 Å². The van der Waals surface area contributed by atoms with Gasteiger partial charge in [0.2, 0.25) is 0 Å². The molecule has 2 aromatic heterocycles. The Balaban J connectivity index is 2.22. The van der Waals surface area contributed by atoms with Crippen LogP contribution in [0.2, 0.25) is 5.02 Å². The van der Waals surface area contributed by atoms with Gasteiger partial charge in [-0.3, -0.25) is 4.40 Å². The van der Waals surface area contributed by atoms with Crippen molar-refractivity contribution >= 4 is 17.2 Å². The van der Waals surface area contributed by atoms with Crippen molar-refractivity contribution < 1.29 is 4.74 Å². The van der Waals surface area contributed by atoms with E-state index in [0.29, 0.717) is 5.02 Å². The lowest BCUT2D eigenvalue weighted by Gasteiger charge is -2.05. The lowest BCUT2D eigenvalue weighted by Crippen LogP contribution is -1.90. The minimum Gasteiger partial charge on any atom is -0.497 e. The zero-order valence-corrected chi connectivity index (χ0v) is 11.5. The van der Waals surface area contributed by atoms with Crippen LogP contribution in [0.4, 0.5) is 0 Å². The Kier molecular flexibility index (Phi) is 2.91. The molecule has 0 radical (unpaired) electrons. The van der Waals surface area contributed by atoms with Crippen LogP contribution in [-0.2, 0) is 0 Å². The number of fused-ring (bicyclic) bond motifs is 1. The van der Waals surface area contributed by atoms with E-state index in [1.165, 1.54) is 0 Å². The fourth-order valence-corrected chi connectivity index (χ4v) is 2.39. The van der Waals surface area contributed by atoms with Crippen molar-refractivity contribution in [2.75, 3.05) is 7.11 Å². The van der Waals surface area contributed by atoms with E-state index in [1.807, 2.05) is 53.9 Å². The average molecular weight is 273 g/mol. The summed E-state index contributed by atoms with van der Waals surface area (Å²) in [5, 5.41) is 0.694. The van der Waals surface area contributed by atoms with E-state index in [2.05, 4.69) is 4.98 Å². The van der Waals surface area contributed by atoms with E-state index in [1.54, 1.807) is 7.11 Å². The summed E-state index contributed by atoms with van der Waals surface area (Å²) in [5.41, 5.74) is 4.02. The van der Waals surface area contributed by atoms with Gasteiger partial charge in [0.05, 0.1) is 23.5 Å². The molecule has 2 heterocycles. The van der Waals surface area contributed by atoms with Crippen molar-refractivity contribution in [3.63, 3.8) is 0 Å². The Labute approximate surface area is 116 Å². The summed E-state index contributed by atoms with van der Waals surface area (Å²) in [6.07, 6.45) is 1.89. The first-order valence-electron chi connectivity index (χ1n) is 5.97. The summed E-state index contributed by atoms with van der Waals surface area (Å²) < 4.78 is 7.19. The van der Waals surface area contributed by atoms with Gasteiger partial charge in [-0.05, 0) is 43.3 Å². The number of pyridine rings is 1. The van der Waals surface area contributed by atoms with Gasteiger partial charge in [0.15, 0.2) is 0 Å². The Morgan fingerprint density at radius 1 is 1.11 bits per heavy atom. The second-order valence-corrected chi connectivity index (χ2v) is 4.79. The van der Waals surface area contributed by atoms with Crippen molar-refractivity contribution in [2.24, 2.45) is 0 Å². The van der Waals surface area contributed by atoms with Crippen LogP contribution in [0.25, 0.3) is 16.9 Å². The van der Waals surface area contributed by atoms with Crippen molar-refractivity contribution in [1.82, 2.24) is 9.38 Å². The zero-order chi connectivity index (χ0) is 13.4. The molecule has 0 amide bonds. The molecule has 0 aliphatic heterocycles. The van der Waals surface area contributed by atoms with E-state index in [4.69, 9.17) is 16.3 Å². The summed E-state index contributed by atoms with van der Waals surface area (Å²) >= 11 is 6.07. The molecule has 3 rings (SSSR count). The maximum absolute atomic E-state index is 6.07. The third kappa shape index (κ3) is 2.06. The van der Waals surface area contributed by atoms with Gasteiger partial charge in [-0.15, -0.1) is 0 Å². The highest BCUT2D eigenvalue weighted by atomic mass is 35.5. The smallest absolute Gasteiger partial charge is 0.137 e. The number of imidazole rings is 1. The van der Waals surface area contributed by atoms with Crippen LogP contribution in [-0.4, -0.2) is 16.5 Å². The molecule has 19 heavy (non-hydrogen) atoms. The molecule has 1 aromatic carbocycles. The van der Waals surface area contributed by atoms with Gasteiger partial charge in [0.1, 0.15) is 11.4 Å². The molecule has 0 spiro atoms. The quantitative estimate of drug-likeness (QED) is 0.706. The number of halogens is 1. The van der Waals surface area contributed by atoms with Crippen molar-refractivity contribution in [2.45, 2.75) is 6.92 Å². The molecule has 96 valence electrons. The minimum atomic E-state index is 0.694. The van der Waals surface area contributed by atoms with E-state index < -0.39 is 0 Å². The van der Waals surface area contributed by atoms with Crippen LogP contribution >= 0.6 is 11.6 Å². The number of ether oxygens (including phenoxy) is 1. The second kappa shape index (κ2) is 4.59. The SMILES string of the molecule is COc1ccc(-c2c(C)nc3ccc(Cl)cn23)cc1. The van der Waals surface area contributed by atoms with E-state index in [-0.39, 0.29) is 0 Å². The molecule has 0 unspecified atom stereocenters. The lowest BCUT2D eigenvalue weighted by molar-refractivity contribution is 0.415. The first-order valence-corrected chi connectivity index (χ1v) is 6.35. The van der Waals surface area contributed by atoms with Gasteiger partial charge in [-0.1, -0.05) is 11.6 Å². The van der Waals surface area contributed by atoms with E-state index >= 15 is 0 Å². The molecule has 0 saturated heterocycles. The van der Waals surface area contributed by atoms with Gasteiger partial charge in [0, 0.05) is 11.8 Å². The Hall–Kier alpha value is -2.00. The van der Waals surface area contributed by atoms with Gasteiger partial charge in [-0.25, -0.2) is 4.98 Å². The van der Waals surface area contributed by atoms with Crippen molar-refractivity contribution in [1.29, 1.82) is 0 Å². The average Bonchev–Trinajstić information content (AvgIpc) is 2.74. The third-order valence-corrected chi connectivity index (χ3v) is 3.34. The number of hydrogen-bond donors (Lipinski definition) is 0. The molecule has 0 aliphatic rings. The maximum Gasteiger partial charge on any atom is 0.137 e. The highest BCUT2D eigenvalue weighted by Gasteiger charge is 2.11. The molecule has 0 atom stereocenters. The monoisotopic (exact) mass is 272 g/mol. The maximum atomic E-state index is 6.07. The van der Waals surface area contributed by atoms with Crippen LogP contribution in [0.5, 0.6) is 5.75 Å². The van der Waals surface area contributed by atoms with E-state index in [0.717, 1.165) is 28.3 Å². The Morgan fingerprint density at radius 2 is 1.84 bits per heavy atom. The zero-order valence-electron chi connectivity index (χ0n) is 10.7. The van der Waals surface area contributed by atoms with Crippen LogP contribution in [0.1, 0.15) is 5.69 Å². The molecule has 3 aromatic rings.